The predicted octanol–water partition coefficient (Wildman–Crippen LogP) is 3.34. The van der Waals surface area contributed by atoms with E-state index in [9.17, 15) is 14.4 Å². The van der Waals surface area contributed by atoms with E-state index in [-0.39, 0.29) is 30.7 Å². The maximum absolute atomic E-state index is 13.6. The van der Waals surface area contributed by atoms with E-state index in [4.69, 9.17) is 9.47 Å². The number of thiophene rings is 1. The highest BCUT2D eigenvalue weighted by molar-refractivity contribution is 7.09. The lowest BCUT2D eigenvalue weighted by atomic mass is 10.0. The van der Waals surface area contributed by atoms with E-state index in [1.165, 1.54) is 0 Å². The van der Waals surface area contributed by atoms with Crippen molar-refractivity contribution >= 4 is 29.1 Å². The Morgan fingerprint density at radius 1 is 0.923 bits per heavy atom. The molecule has 4 rings (SSSR count). The number of amides is 3. The third-order valence-electron chi connectivity index (χ3n) is 6.87. The van der Waals surface area contributed by atoms with Crippen molar-refractivity contribution in [1.29, 1.82) is 0 Å². The smallest absolute Gasteiger partial charge is 0.246 e. The first-order chi connectivity index (χ1) is 19.0. The van der Waals surface area contributed by atoms with Gasteiger partial charge in [-0.05, 0) is 54.0 Å². The molecular weight excluding hydrogens is 514 g/mol. The average Bonchev–Trinajstić information content (AvgIpc) is 3.48. The first-order valence-electron chi connectivity index (χ1n) is 13.1. The van der Waals surface area contributed by atoms with Gasteiger partial charge < -0.3 is 24.6 Å². The van der Waals surface area contributed by atoms with Crippen molar-refractivity contribution in [3.8, 4) is 11.5 Å². The van der Waals surface area contributed by atoms with E-state index >= 15 is 0 Å². The second-order valence-corrected chi connectivity index (χ2v) is 10.5. The summed E-state index contributed by atoms with van der Waals surface area (Å²) in [6.45, 7) is 1.27. The molecule has 0 aliphatic carbocycles. The molecule has 1 unspecified atom stereocenters. The van der Waals surface area contributed by atoms with E-state index in [1.54, 1.807) is 35.4 Å². The molecule has 2 heterocycles. The van der Waals surface area contributed by atoms with Crippen molar-refractivity contribution in [2.45, 2.75) is 31.7 Å². The van der Waals surface area contributed by atoms with Gasteiger partial charge in [0.25, 0.3) is 0 Å². The molecule has 3 aromatic rings. The van der Waals surface area contributed by atoms with Crippen molar-refractivity contribution in [3.05, 3.63) is 82.0 Å². The summed E-state index contributed by atoms with van der Waals surface area (Å²) in [6.07, 6.45) is 1.83. The van der Waals surface area contributed by atoms with Crippen LogP contribution in [0.25, 0.3) is 0 Å². The topological polar surface area (TPSA) is 88.2 Å². The number of methoxy groups -OCH3 is 2. The van der Waals surface area contributed by atoms with E-state index < -0.39 is 6.04 Å². The van der Waals surface area contributed by atoms with Gasteiger partial charge in [0.1, 0.15) is 6.04 Å². The number of ether oxygens (including phenoxy) is 2. The Kier molecular flexibility index (Phi) is 9.97. The largest absolute Gasteiger partial charge is 0.493 e. The zero-order valence-electron chi connectivity index (χ0n) is 22.4. The van der Waals surface area contributed by atoms with Crippen LogP contribution in [0.4, 0.5) is 0 Å². The van der Waals surface area contributed by atoms with Crippen LogP contribution in [-0.2, 0) is 33.6 Å². The van der Waals surface area contributed by atoms with Crippen LogP contribution in [0.3, 0.4) is 0 Å². The van der Waals surface area contributed by atoms with Gasteiger partial charge in [-0.2, -0.15) is 0 Å². The number of carbonyl (C=O) groups is 3. The van der Waals surface area contributed by atoms with Gasteiger partial charge in [-0.1, -0.05) is 42.5 Å². The Balaban J connectivity index is 1.39. The number of hydrogen-bond donors (Lipinski definition) is 1. The molecular formula is C30H35N3O5S. The van der Waals surface area contributed by atoms with Gasteiger partial charge in [0.15, 0.2) is 11.5 Å². The second-order valence-electron chi connectivity index (χ2n) is 9.42. The minimum Gasteiger partial charge on any atom is -0.493 e. The molecule has 1 aliphatic heterocycles. The molecule has 0 radical (unpaired) electrons. The molecule has 8 nitrogen and oxygen atoms in total. The first kappa shape index (κ1) is 28.2. The lowest BCUT2D eigenvalue weighted by Gasteiger charge is -2.40. The SMILES string of the molecule is COc1ccc(CCNC(=O)CC2C(=O)N(CCc3ccccc3)CC(=O)N2CCc2cccs2)cc1OC. The first-order valence-corrected chi connectivity index (χ1v) is 14.0. The summed E-state index contributed by atoms with van der Waals surface area (Å²) in [4.78, 5) is 44.1. The van der Waals surface area contributed by atoms with Crippen molar-refractivity contribution < 1.29 is 23.9 Å². The summed E-state index contributed by atoms with van der Waals surface area (Å²) in [5.41, 5.74) is 2.09. The third kappa shape index (κ3) is 7.60. The monoisotopic (exact) mass is 549 g/mol. The Morgan fingerprint density at radius 2 is 1.72 bits per heavy atom. The summed E-state index contributed by atoms with van der Waals surface area (Å²) in [5.74, 6) is 0.719. The van der Waals surface area contributed by atoms with Crippen LogP contribution >= 0.6 is 11.3 Å². The molecule has 206 valence electrons. The van der Waals surface area contributed by atoms with Gasteiger partial charge in [-0.15, -0.1) is 11.3 Å². The highest BCUT2D eigenvalue weighted by atomic mass is 32.1. The van der Waals surface area contributed by atoms with E-state index in [0.29, 0.717) is 50.4 Å². The van der Waals surface area contributed by atoms with Gasteiger partial charge in [-0.3, -0.25) is 14.4 Å². The predicted molar refractivity (Wildman–Crippen MR) is 151 cm³/mol. The minimum absolute atomic E-state index is 0.0352. The fourth-order valence-corrected chi connectivity index (χ4v) is 5.44. The Labute approximate surface area is 233 Å². The summed E-state index contributed by atoms with van der Waals surface area (Å²) in [5, 5.41) is 4.92. The average molecular weight is 550 g/mol. The summed E-state index contributed by atoms with van der Waals surface area (Å²) in [6, 6.07) is 18.7. The number of nitrogens with one attached hydrogen (secondary N) is 1. The molecule has 2 aromatic carbocycles. The molecule has 3 amide bonds. The normalized spacial score (nSPS) is 15.4. The van der Waals surface area contributed by atoms with Crippen molar-refractivity contribution in [2.24, 2.45) is 0 Å². The van der Waals surface area contributed by atoms with Gasteiger partial charge in [0, 0.05) is 24.5 Å². The van der Waals surface area contributed by atoms with Crippen LogP contribution in [0.2, 0.25) is 0 Å². The molecule has 1 N–H and O–H groups in total. The fourth-order valence-electron chi connectivity index (χ4n) is 4.74. The Bertz CT molecular complexity index is 1250. The second kappa shape index (κ2) is 13.8. The molecule has 1 aromatic heterocycles. The van der Waals surface area contributed by atoms with E-state index in [0.717, 1.165) is 16.0 Å². The van der Waals surface area contributed by atoms with Crippen LogP contribution in [0, 0.1) is 0 Å². The highest BCUT2D eigenvalue weighted by Crippen LogP contribution is 2.27. The molecule has 39 heavy (non-hydrogen) atoms. The van der Waals surface area contributed by atoms with Crippen LogP contribution < -0.4 is 14.8 Å². The molecule has 9 heteroatoms. The third-order valence-corrected chi connectivity index (χ3v) is 7.81. The Morgan fingerprint density at radius 3 is 2.44 bits per heavy atom. The van der Waals surface area contributed by atoms with E-state index in [1.807, 2.05) is 66.0 Å². The zero-order valence-corrected chi connectivity index (χ0v) is 23.2. The zero-order chi connectivity index (χ0) is 27.6. The quantitative estimate of drug-likeness (QED) is 0.353. The number of piperazine rings is 1. The van der Waals surface area contributed by atoms with E-state index in [2.05, 4.69) is 5.32 Å². The van der Waals surface area contributed by atoms with Gasteiger partial charge in [0.05, 0.1) is 27.2 Å². The lowest BCUT2D eigenvalue weighted by Crippen LogP contribution is -2.61. The van der Waals surface area contributed by atoms with Crippen molar-refractivity contribution in [1.82, 2.24) is 15.1 Å². The number of rotatable bonds is 13. The molecule has 1 atom stereocenters. The van der Waals surface area contributed by atoms with Gasteiger partial charge in [-0.25, -0.2) is 0 Å². The van der Waals surface area contributed by atoms with Crippen LogP contribution in [0.5, 0.6) is 11.5 Å². The lowest BCUT2D eigenvalue weighted by molar-refractivity contribution is -0.157. The van der Waals surface area contributed by atoms with Crippen LogP contribution in [0.15, 0.2) is 66.0 Å². The fraction of sp³-hybridized carbons (Fsp3) is 0.367. The number of carbonyl (C=O) groups excluding carboxylic acids is 3. The van der Waals surface area contributed by atoms with Gasteiger partial charge in [0.2, 0.25) is 17.7 Å². The number of nitrogens with zero attached hydrogens (tertiary/aromatic N) is 2. The van der Waals surface area contributed by atoms with Crippen molar-refractivity contribution in [2.75, 3.05) is 40.4 Å². The number of benzene rings is 2. The standard InChI is InChI=1S/C30H35N3O5S/c1-37-26-11-10-23(19-27(26)38-2)12-15-31-28(34)20-25-30(36)32(16-13-22-7-4-3-5-8-22)21-29(35)33(25)17-14-24-9-6-18-39-24/h3-11,18-19,25H,12-17,20-21H2,1-2H3,(H,31,34). The molecule has 1 aliphatic rings. The molecule has 1 saturated heterocycles. The maximum Gasteiger partial charge on any atom is 0.246 e. The number of hydrogen-bond acceptors (Lipinski definition) is 6. The van der Waals surface area contributed by atoms with Crippen LogP contribution in [0.1, 0.15) is 22.4 Å². The van der Waals surface area contributed by atoms with Crippen molar-refractivity contribution in [3.63, 3.8) is 0 Å². The molecule has 0 bridgehead atoms. The van der Waals surface area contributed by atoms with Gasteiger partial charge >= 0.3 is 0 Å². The summed E-state index contributed by atoms with van der Waals surface area (Å²) >= 11 is 1.62. The highest BCUT2D eigenvalue weighted by Gasteiger charge is 2.40. The molecule has 1 fully saturated rings. The summed E-state index contributed by atoms with van der Waals surface area (Å²) < 4.78 is 10.6. The van der Waals surface area contributed by atoms with Crippen LogP contribution in [-0.4, -0.2) is 74.0 Å². The maximum atomic E-state index is 13.6. The molecule has 0 spiro atoms. The molecule has 0 saturated carbocycles. The summed E-state index contributed by atoms with van der Waals surface area (Å²) in [7, 11) is 3.17. The minimum atomic E-state index is -0.817. The Hall–Kier alpha value is -3.85.